The predicted molar refractivity (Wildman–Crippen MR) is 111 cm³/mol. The van der Waals surface area contributed by atoms with E-state index in [0.29, 0.717) is 33.5 Å². The SMILES string of the molecule is COc1ccc([C@H](Cc2c(Cl)c[nH+]cc2Cl)OC(=O)[C@@H]2CCCCN2)cc1OC. The largest absolute Gasteiger partial charge is 0.493 e. The fourth-order valence-corrected chi connectivity index (χ4v) is 3.94. The topological polar surface area (TPSA) is 70.9 Å². The lowest BCUT2D eigenvalue weighted by Crippen LogP contribution is -2.42. The van der Waals surface area contributed by atoms with Crippen LogP contribution < -0.4 is 19.8 Å². The fraction of sp³-hybridized carbons (Fsp3) is 0.429. The Morgan fingerprint density at radius 2 is 1.90 bits per heavy atom. The van der Waals surface area contributed by atoms with Crippen molar-refractivity contribution >= 4 is 29.2 Å². The van der Waals surface area contributed by atoms with E-state index < -0.39 is 6.10 Å². The van der Waals surface area contributed by atoms with E-state index >= 15 is 0 Å². The van der Waals surface area contributed by atoms with Crippen LogP contribution in [0.25, 0.3) is 0 Å². The number of methoxy groups -OCH3 is 2. The van der Waals surface area contributed by atoms with E-state index in [1.54, 1.807) is 32.7 Å². The number of piperidine rings is 1. The average Bonchev–Trinajstić information content (AvgIpc) is 2.75. The average molecular weight is 440 g/mol. The number of carbonyl (C=O) groups excluding carboxylic acids is 1. The lowest BCUT2D eigenvalue weighted by molar-refractivity contribution is -0.377. The van der Waals surface area contributed by atoms with Gasteiger partial charge in [0, 0.05) is 12.0 Å². The van der Waals surface area contributed by atoms with Crippen LogP contribution in [0.4, 0.5) is 0 Å². The Bertz CT molecular complexity index is 836. The van der Waals surface area contributed by atoms with E-state index in [1.807, 2.05) is 12.1 Å². The summed E-state index contributed by atoms with van der Waals surface area (Å²) < 4.78 is 16.7. The van der Waals surface area contributed by atoms with Crippen molar-refractivity contribution in [1.29, 1.82) is 0 Å². The quantitative estimate of drug-likeness (QED) is 0.664. The van der Waals surface area contributed by atoms with Gasteiger partial charge in [-0.15, -0.1) is 0 Å². The molecule has 0 saturated carbocycles. The number of esters is 1. The van der Waals surface area contributed by atoms with Gasteiger partial charge in [0.2, 0.25) is 0 Å². The maximum atomic E-state index is 12.8. The van der Waals surface area contributed by atoms with Gasteiger partial charge in [-0.2, -0.15) is 0 Å². The second-order valence-corrected chi connectivity index (χ2v) is 7.69. The Balaban J connectivity index is 1.91. The van der Waals surface area contributed by atoms with Crippen molar-refractivity contribution in [2.75, 3.05) is 20.8 Å². The molecule has 8 heteroatoms. The molecule has 0 spiro atoms. The molecule has 2 aromatic rings. The molecule has 1 aliphatic rings. The zero-order valence-electron chi connectivity index (χ0n) is 16.5. The van der Waals surface area contributed by atoms with E-state index in [0.717, 1.165) is 31.4 Å². The molecule has 6 nitrogen and oxygen atoms in total. The summed E-state index contributed by atoms with van der Waals surface area (Å²) in [5.41, 5.74) is 1.48. The van der Waals surface area contributed by atoms with Gasteiger partial charge in [-0.25, -0.2) is 4.98 Å². The zero-order valence-corrected chi connectivity index (χ0v) is 18.0. The molecule has 1 aromatic heterocycles. The first-order valence-electron chi connectivity index (χ1n) is 9.53. The third-order valence-electron chi connectivity index (χ3n) is 5.02. The minimum Gasteiger partial charge on any atom is -0.493 e. The van der Waals surface area contributed by atoms with Crippen molar-refractivity contribution in [2.24, 2.45) is 0 Å². The molecule has 0 unspecified atom stereocenters. The summed E-state index contributed by atoms with van der Waals surface area (Å²) in [5, 5.41) is 4.19. The number of rotatable bonds is 7. The van der Waals surface area contributed by atoms with Crippen molar-refractivity contribution in [3.8, 4) is 11.5 Å². The molecule has 3 rings (SSSR count). The molecule has 0 amide bonds. The van der Waals surface area contributed by atoms with Gasteiger partial charge < -0.3 is 19.5 Å². The van der Waals surface area contributed by atoms with E-state index in [9.17, 15) is 4.79 Å². The zero-order chi connectivity index (χ0) is 20.8. The molecule has 1 aromatic carbocycles. The Morgan fingerprint density at radius 3 is 2.52 bits per heavy atom. The van der Waals surface area contributed by atoms with Gasteiger partial charge >= 0.3 is 5.97 Å². The molecule has 29 heavy (non-hydrogen) atoms. The molecular formula is C21H25Cl2N2O4+. The Labute approximate surface area is 180 Å². The monoisotopic (exact) mass is 439 g/mol. The second kappa shape index (κ2) is 10.1. The second-order valence-electron chi connectivity index (χ2n) is 6.88. The summed E-state index contributed by atoms with van der Waals surface area (Å²) in [7, 11) is 3.14. The van der Waals surface area contributed by atoms with Crippen molar-refractivity contribution in [1.82, 2.24) is 5.32 Å². The predicted octanol–water partition coefficient (Wildman–Crippen LogP) is 3.79. The van der Waals surface area contributed by atoms with Crippen LogP contribution >= 0.6 is 23.2 Å². The smallest absolute Gasteiger partial charge is 0.323 e. The lowest BCUT2D eigenvalue weighted by Gasteiger charge is -2.26. The van der Waals surface area contributed by atoms with E-state index in [-0.39, 0.29) is 12.0 Å². The molecule has 1 saturated heterocycles. The summed E-state index contributed by atoms with van der Waals surface area (Å²) in [6.07, 6.45) is 5.88. The maximum absolute atomic E-state index is 12.8. The van der Waals surface area contributed by atoms with Gasteiger partial charge in [0.25, 0.3) is 0 Å². The molecule has 0 radical (unpaired) electrons. The lowest BCUT2D eigenvalue weighted by atomic mass is 10.0. The van der Waals surface area contributed by atoms with Crippen LogP contribution in [0, 0.1) is 0 Å². The van der Waals surface area contributed by atoms with Crippen LogP contribution in [0.2, 0.25) is 10.0 Å². The molecular weight excluding hydrogens is 415 g/mol. The van der Waals surface area contributed by atoms with Crippen molar-refractivity contribution in [2.45, 2.75) is 37.8 Å². The van der Waals surface area contributed by atoms with Crippen LogP contribution in [0.3, 0.4) is 0 Å². The molecule has 0 bridgehead atoms. The number of carbonyl (C=O) groups is 1. The molecule has 2 N–H and O–H groups in total. The standard InChI is InChI=1S/C21H24Cl2N2O4/c1-27-18-7-6-13(9-20(18)28-2)19(10-14-15(22)11-24-12-16(14)23)29-21(26)17-5-3-4-8-25-17/h6-7,9,11-12,17,19,25H,3-5,8,10H2,1-2H3/p+1/t17-,19-/m0/s1. The highest BCUT2D eigenvalue weighted by molar-refractivity contribution is 6.35. The first kappa shape index (κ1) is 21.7. The van der Waals surface area contributed by atoms with Crippen LogP contribution in [0.15, 0.2) is 30.6 Å². The van der Waals surface area contributed by atoms with Gasteiger partial charge in [-0.1, -0.05) is 35.7 Å². The Morgan fingerprint density at radius 1 is 1.17 bits per heavy atom. The molecule has 2 heterocycles. The highest BCUT2D eigenvalue weighted by atomic mass is 35.5. The number of halogens is 2. The minimum absolute atomic E-state index is 0.278. The van der Waals surface area contributed by atoms with Gasteiger partial charge in [0.1, 0.15) is 22.2 Å². The van der Waals surface area contributed by atoms with E-state index in [4.69, 9.17) is 37.4 Å². The number of aromatic amines is 1. The number of ether oxygens (including phenoxy) is 3. The highest BCUT2D eigenvalue weighted by Gasteiger charge is 2.28. The Hall–Kier alpha value is -2.02. The first-order chi connectivity index (χ1) is 14.0. The van der Waals surface area contributed by atoms with Crippen LogP contribution in [-0.4, -0.2) is 32.8 Å². The van der Waals surface area contributed by atoms with E-state index in [1.165, 1.54) is 0 Å². The number of nitrogens with one attached hydrogen (secondary N) is 2. The van der Waals surface area contributed by atoms with E-state index in [2.05, 4.69) is 10.3 Å². The normalized spacial score (nSPS) is 17.4. The summed E-state index contributed by atoms with van der Waals surface area (Å²) in [4.78, 5) is 15.7. The molecule has 0 aliphatic carbocycles. The number of benzene rings is 1. The number of hydrogen-bond donors (Lipinski definition) is 1. The third-order valence-corrected chi connectivity index (χ3v) is 5.69. The maximum Gasteiger partial charge on any atom is 0.323 e. The summed E-state index contributed by atoms with van der Waals surface area (Å²) in [6, 6.07) is 5.14. The molecule has 156 valence electrons. The van der Waals surface area contributed by atoms with Crippen molar-refractivity contribution in [3.05, 3.63) is 51.8 Å². The van der Waals surface area contributed by atoms with Crippen LogP contribution in [0.1, 0.15) is 36.5 Å². The third kappa shape index (κ3) is 5.32. The summed E-state index contributed by atoms with van der Waals surface area (Å²) in [5.74, 6) is 0.875. The molecule has 1 fully saturated rings. The van der Waals surface area contributed by atoms with Gasteiger partial charge in [0.15, 0.2) is 23.9 Å². The molecule has 2 atom stereocenters. The fourth-order valence-electron chi connectivity index (χ4n) is 3.41. The van der Waals surface area contributed by atoms with Gasteiger partial charge in [-0.3, -0.25) is 4.79 Å². The minimum atomic E-state index is -0.580. The number of H-pyrrole nitrogens is 1. The Kier molecular flexibility index (Phi) is 7.58. The summed E-state index contributed by atoms with van der Waals surface area (Å²) >= 11 is 12.7. The number of aromatic nitrogens is 1. The van der Waals surface area contributed by atoms with Crippen LogP contribution in [-0.2, 0) is 16.0 Å². The number of hydrogen-bond acceptors (Lipinski definition) is 5. The highest BCUT2D eigenvalue weighted by Crippen LogP contribution is 2.35. The van der Waals surface area contributed by atoms with Crippen LogP contribution in [0.5, 0.6) is 11.5 Å². The number of pyridine rings is 1. The van der Waals surface area contributed by atoms with Crippen molar-refractivity contribution < 1.29 is 24.0 Å². The van der Waals surface area contributed by atoms with Gasteiger partial charge in [0.05, 0.1) is 14.2 Å². The molecule has 1 aliphatic heterocycles. The first-order valence-corrected chi connectivity index (χ1v) is 10.3. The van der Waals surface area contributed by atoms with Crippen molar-refractivity contribution in [3.63, 3.8) is 0 Å². The van der Waals surface area contributed by atoms with Gasteiger partial charge in [-0.05, 0) is 37.1 Å². The summed E-state index contributed by atoms with van der Waals surface area (Å²) in [6.45, 7) is 0.812.